The highest BCUT2D eigenvalue weighted by atomic mass is 16.5. The monoisotopic (exact) mass is 410 g/mol. The van der Waals surface area contributed by atoms with Crippen LogP contribution in [0.2, 0.25) is 0 Å². The van der Waals surface area contributed by atoms with E-state index in [1.165, 1.54) is 6.92 Å². The van der Waals surface area contributed by atoms with Gasteiger partial charge >= 0.3 is 11.9 Å². The van der Waals surface area contributed by atoms with Gasteiger partial charge in [-0.2, -0.15) is 0 Å². The molecule has 0 amide bonds. The molecule has 0 aromatic carbocycles. The summed E-state index contributed by atoms with van der Waals surface area (Å²) in [6.07, 6.45) is -4.41. The van der Waals surface area contributed by atoms with Crippen molar-refractivity contribution in [2.24, 2.45) is 17.3 Å². The van der Waals surface area contributed by atoms with Crippen LogP contribution in [-0.4, -0.2) is 70.9 Å². The first-order valence-electron chi connectivity index (χ1n) is 9.19. The highest BCUT2D eigenvalue weighted by Gasteiger charge is 2.60. The maximum Gasteiger partial charge on any atom is 0.336 e. The molecule has 9 heteroatoms. The van der Waals surface area contributed by atoms with E-state index in [0.29, 0.717) is 0 Å². The van der Waals surface area contributed by atoms with Gasteiger partial charge in [0.05, 0.1) is 37.2 Å². The van der Waals surface area contributed by atoms with Crippen LogP contribution in [0.4, 0.5) is 0 Å². The van der Waals surface area contributed by atoms with E-state index in [0.717, 1.165) is 7.11 Å². The molecule has 2 rings (SSSR count). The fourth-order valence-corrected chi connectivity index (χ4v) is 4.26. The molecule has 0 heterocycles. The van der Waals surface area contributed by atoms with Gasteiger partial charge in [-0.1, -0.05) is 20.1 Å². The van der Waals surface area contributed by atoms with Crippen molar-refractivity contribution in [1.29, 1.82) is 0 Å². The number of aliphatic hydroxyl groups excluding tert-OH is 3. The van der Waals surface area contributed by atoms with Crippen molar-refractivity contribution in [2.75, 3.05) is 13.7 Å². The number of hydrogen-bond donors (Lipinski definition) is 3. The van der Waals surface area contributed by atoms with E-state index in [1.807, 2.05) is 0 Å². The SMILES string of the molecule is C=C(C(=O)OC)[C@@H]1[C@H](O)[C@@H]2C(=O)CCC(=O)[C@]2(C)C[C@@H]1OC(=O)C(=C)[C@H](O)CO. The second-order valence-corrected chi connectivity index (χ2v) is 7.69. The number of Topliss-reactive ketones (excluding diaryl/α,β-unsaturated/α-hetero) is 2. The maximum atomic E-state index is 12.6. The van der Waals surface area contributed by atoms with E-state index < -0.39 is 59.7 Å². The topological polar surface area (TPSA) is 147 Å². The molecule has 3 N–H and O–H groups in total. The first kappa shape index (κ1) is 22.9. The molecule has 0 spiro atoms. The molecular weight excluding hydrogens is 384 g/mol. The molecule has 0 bridgehead atoms. The van der Waals surface area contributed by atoms with Crippen LogP contribution in [-0.2, 0) is 28.7 Å². The average Bonchev–Trinajstić information content (AvgIpc) is 2.68. The molecule has 2 aliphatic rings. The lowest BCUT2D eigenvalue weighted by Crippen LogP contribution is -2.60. The van der Waals surface area contributed by atoms with E-state index in [4.69, 9.17) is 9.84 Å². The fraction of sp³-hybridized carbons (Fsp3) is 0.600. The summed E-state index contributed by atoms with van der Waals surface area (Å²) in [6.45, 7) is 7.76. The van der Waals surface area contributed by atoms with Gasteiger partial charge in [0.25, 0.3) is 0 Å². The molecule has 6 atom stereocenters. The molecule has 0 saturated heterocycles. The van der Waals surface area contributed by atoms with Crippen molar-refractivity contribution in [3.05, 3.63) is 24.3 Å². The number of carbonyl (C=O) groups excluding carboxylic acids is 4. The van der Waals surface area contributed by atoms with Gasteiger partial charge in [0.2, 0.25) is 0 Å². The van der Waals surface area contributed by atoms with Crippen LogP contribution in [0.1, 0.15) is 26.2 Å². The average molecular weight is 410 g/mol. The van der Waals surface area contributed by atoms with Crippen LogP contribution in [0.5, 0.6) is 0 Å². The number of esters is 2. The predicted octanol–water partition coefficient (Wildman–Crippen LogP) is -0.528. The van der Waals surface area contributed by atoms with Crippen LogP contribution < -0.4 is 0 Å². The second kappa shape index (κ2) is 8.56. The lowest BCUT2D eigenvalue weighted by atomic mass is 9.54. The summed E-state index contributed by atoms with van der Waals surface area (Å²) >= 11 is 0. The molecular formula is C20H26O9. The van der Waals surface area contributed by atoms with Gasteiger partial charge in [0, 0.05) is 23.8 Å². The molecule has 29 heavy (non-hydrogen) atoms. The summed E-state index contributed by atoms with van der Waals surface area (Å²) in [5.74, 6) is -4.76. The number of ether oxygens (including phenoxy) is 2. The summed E-state index contributed by atoms with van der Waals surface area (Å²) in [5, 5.41) is 29.6. The third kappa shape index (κ3) is 4.03. The van der Waals surface area contributed by atoms with E-state index in [-0.39, 0.29) is 36.4 Å². The van der Waals surface area contributed by atoms with Gasteiger partial charge in [-0.25, -0.2) is 9.59 Å². The van der Waals surface area contributed by atoms with Crippen molar-refractivity contribution in [3.8, 4) is 0 Å². The Kier molecular flexibility index (Phi) is 6.77. The van der Waals surface area contributed by atoms with Crippen molar-refractivity contribution in [2.45, 2.75) is 44.5 Å². The molecule has 2 saturated carbocycles. The first-order valence-corrected chi connectivity index (χ1v) is 9.19. The fourth-order valence-electron chi connectivity index (χ4n) is 4.26. The Hall–Kier alpha value is -2.36. The largest absolute Gasteiger partial charge is 0.466 e. The Morgan fingerprint density at radius 1 is 1.24 bits per heavy atom. The molecule has 0 aromatic heterocycles. The van der Waals surface area contributed by atoms with Crippen LogP contribution in [0.25, 0.3) is 0 Å². The molecule has 0 aliphatic heterocycles. The Labute approximate surface area is 168 Å². The summed E-state index contributed by atoms with van der Waals surface area (Å²) < 4.78 is 10.0. The van der Waals surface area contributed by atoms with Crippen molar-refractivity contribution in [1.82, 2.24) is 0 Å². The van der Waals surface area contributed by atoms with Crippen LogP contribution in [0.3, 0.4) is 0 Å². The van der Waals surface area contributed by atoms with E-state index in [9.17, 15) is 29.4 Å². The molecule has 0 unspecified atom stereocenters. The quantitative estimate of drug-likeness (QED) is 0.388. The maximum absolute atomic E-state index is 12.6. The Morgan fingerprint density at radius 2 is 1.86 bits per heavy atom. The lowest BCUT2D eigenvalue weighted by Gasteiger charge is -2.50. The van der Waals surface area contributed by atoms with Crippen LogP contribution in [0.15, 0.2) is 24.3 Å². The van der Waals surface area contributed by atoms with Gasteiger partial charge < -0.3 is 24.8 Å². The molecule has 160 valence electrons. The number of carbonyl (C=O) groups is 4. The molecule has 2 aliphatic carbocycles. The highest BCUT2D eigenvalue weighted by Crippen LogP contribution is 2.51. The zero-order chi connectivity index (χ0) is 22.1. The van der Waals surface area contributed by atoms with Crippen molar-refractivity contribution in [3.63, 3.8) is 0 Å². The summed E-state index contributed by atoms with van der Waals surface area (Å²) in [5.41, 5.74) is -1.93. The smallest absolute Gasteiger partial charge is 0.336 e. The lowest BCUT2D eigenvalue weighted by molar-refractivity contribution is -0.179. The van der Waals surface area contributed by atoms with Crippen LogP contribution >= 0.6 is 0 Å². The van der Waals surface area contributed by atoms with Crippen molar-refractivity contribution < 1.29 is 44.0 Å². The van der Waals surface area contributed by atoms with Gasteiger partial charge in [-0.05, 0) is 6.42 Å². The van der Waals surface area contributed by atoms with Gasteiger partial charge in [0.15, 0.2) is 0 Å². The Morgan fingerprint density at radius 3 is 2.41 bits per heavy atom. The van der Waals surface area contributed by atoms with Gasteiger partial charge in [0.1, 0.15) is 23.8 Å². The third-order valence-corrected chi connectivity index (χ3v) is 5.95. The molecule has 0 radical (unpaired) electrons. The minimum atomic E-state index is -1.56. The zero-order valence-corrected chi connectivity index (χ0v) is 16.4. The normalized spacial score (nSPS) is 32.7. The van der Waals surface area contributed by atoms with Gasteiger partial charge in [-0.3, -0.25) is 9.59 Å². The summed E-state index contributed by atoms with van der Waals surface area (Å²) in [6, 6.07) is 0. The number of ketones is 2. The number of rotatable bonds is 6. The molecule has 2 fully saturated rings. The van der Waals surface area contributed by atoms with Gasteiger partial charge in [-0.15, -0.1) is 0 Å². The number of aliphatic hydroxyl groups is 3. The van der Waals surface area contributed by atoms with E-state index >= 15 is 0 Å². The molecule has 9 nitrogen and oxygen atoms in total. The summed E-state index contributed by atoms with van der Waals surface area (Å²) in [4.78, 5) is 49.6. The Bertz CT molecular complexity index is 755. The zero-order valence-electron chi connectivity index (χ0n) is 16.4. The minimum Gasteiger partial charge on any atom is -0.466 e. The molecule has 0 aromatic rings. The van der Waals surface area contributed by atoms with E-state index in [1.54, 1.807) is 0 Å². The van der Waals surface area contributed by atoms with Crippen molar-refractivity contribution >= 4 is 23.5 Å². The third-order valence-electron chi connectivity index (χ3n) is 5.95. The number of fused-ring (bicyclic) bond motifs is 1. The number of hydrogen-bond acceptors (Lipinski definition) is 9. The Balaban J connectivity index is 2.44. The second-order valence-electron chi connectivity index (χ2n) is 7.69. The number of methoxy groups -OCH3 is 1. The minimum absolute atomic E-state index is 0.0117. The standard InChI is InChI=1S/C20H26O9/c1-9(12(23)8-21)19(27)29-13-7-20(3)14(24)6-5-11(22)16(20)17(25)15(13)10(2)18(26)28-4/h12-13,15-17,21,23,25H,1-2,5-8H2,3-4H3/t12-,13+,15+,16+,17+,20+/m1/s1. The highest BCUT2D eigenvalue weighted by molar-refractivity contribution is 6.00. The first-order chi connectivity index (χ1) is 13.5. The van der Waals surface area contributed by atoms with E-state index in [2.05, 4.69) is 17.9 Å². The van der Waals surface area contributed by atoms with Crippen LogP contribution in [0, 0.1) is 17.3 Å². The predicted molar refractivity (Wildman–Crippen MR) is 98.2 cm³/mol. The summed E-state index contributed by atoms with van der Waals surface area (Å²) in [7, 11) is 1.11.